The summed E-state index contributed by atoms with van der Waals surface area (Å²) in [5.41, 5.74) is -0.420. The van der Waals surface area contributed by atoms with Crippen molar-refractivity contribution in [2.24, 2.45) is 0 Å². The highest BCUT2D eigenvalue weighted by Gasteiger charge is 2.31. The van der Waals surface area contributed by atoms with Gasteiger partial charge in [0.25, 0.3) is 0 Å². The molecular weight excluding hydrogens is 389 g/mol. The van der Waals surface area contributed by atoms with Gasteiger partial charge in [0.15, 0.2) is 0 Å². The van der Waals surface area contributed by atoms with E-state index in [4.69, 9.17) is 0 Å². The zero-order valence-electron chi connectivity index (χ0n) is 15.1. The van der Waals surface area contributed by atoms with Crippen molar-refractivity contribution >= 4 is 23.2 Å². The number of anilines is 2. The fourth-order valence-corrected chi connectivity index (χ4v) is 2.45. The molecule has 0 aliphatic carbocycles. The molecule has 0 unspecified atom stereocenters. The first-order valence-electron chi connectivity index (χ1n) is 8.34. The summed E-state index contributed by atoms with van der Waals surface area (Å²) in [7, 11) is 0. The van der Waals surface area contributed by atoms with E-state index in [1.165, 1.54) is 6.92 Å². The Morgan fingerprint density at radius 3 is 2.41 bits per heavy atom. The van der Waals surface area contributed by atoms with Gasteiger partial charge < -0.3 is 10.6 Å². The van der Waals surface area contributed by atoms with Crippen LogP contribution in [0.15, 0.2) is 48.5 Å². The van der Waals surface area contributed by atoms with Gasteiger partial charge in [-0.15, -0.1) is 10.2 Å². The maximum absolute atomic E-state index is 13.0. The van der Waals surface area contributed by atoms with E-state index in [0.717, 1.165) is 23.0 Å². The predicted octanol–water partition coefficient (Wildman–Crippen LogP) is 2.96. The van der Waals surface area contributed by atoms with Crippen LogP contribution in [0.4, 0.5) is 24.5 Å². The van der Waals surface area contributed by atoms with E-state index in [1.54, 1.807) is 24.3 Å². The van der Waals surface area contributed by atoms with E-state index >= 15 is 0 Å². The number of rotatable bonds is 5. The van der Waals surface area contributed by atoms with Crippen LogP contribution in [-0.4, -0.2) is 32.0 Å². The minimum absolute atomic E-state index is 0.0374. The Balaban J connectivity index is 1.77. The second-order valence-corrected chi connectivity index (χ2v) is 6.00. The third kappa shape index (κ3) is 5.15. The Morgan fingerprint density at radius 2 is 1.76 bits per heavy atom. The number of tetrazole rings is 1. The summed E-state index contributed by atoms with van der Waals surface area (Å²) in [4.78, 5) is 24.6. The van der Waals surface area contributed by atoms with Gasteiger partial charge in [0.1, 0.15) is 6.54 Å². The minimum atomic E-state index is -4.60. The van der Waals surface area contributed by atoms with E-state index in [-0.39, 0.29) is 17.9 Å². The lowest BCUT2D eigenvalue weighted by Crippen LogP contribution is -2.22. The van der Waals surface area contributed by atoms with Gasteiger partial charge in [-0.1, -0.05) is 30.3 Å². The number of amides is 2. The summed E-state index contributed by atoms with van der Waals surface area (Å²) in [6, 6.07) is 11.6. The van der Waals surface area contributed by atoms with E-state index in [2.05, 4.69) is 26.0 Å². The largest absolute Gasteiger partial charge is 0.416 e. The van der Waals surface area contributed by atoms with Crippen LogP contribution in [0.3, 0.4) is 0 Å². The quantitative estimate of drug-likeness (QED) is 0.681. The van der Waals surface area contributed by atoms with Crippen molar-refractivity contribution in [1.29, 1.82) is 0 Å². The first kappa shape index (κ1) is 20.0. The van der Waals surface area contributed by atoms with Crippen molar-refractivity contribution in [3.8, 4) is 11.4 Å². The molecule has 0 saturated heterocycles. The fraction of sp³-hybridized carbons (Fsp3) is 0.167. The number of hydrogen-bond acceptors (Lipinski definition) is 5. The SMILES string of the molecule is CC(=O)Nc1ccc(C(F)(F)F)cc1NC(=O)Cn1nnc(-c2ccccc2)n1. The fourth-order valence-electron chi connectivity index (χ4n) is 2.45. The Kier molecular flexibility index (Phi) is 5.57. The highest BCUT2D eigenvalue weighted by atomic mass is 19.4. The van der Waals surface area contributed by atoms with Crippen LogP contribution in [0.25, 0.3) is 11.4 Å². The lowest BCUT2D eigenvalue weighted by Gasteiger charge is -2.14. The molecule has 0 aliphatic rings. The molecule has 11 heteroatoms. The molecule has 2 N–H and O–H groups in total. The molecule has 29 heavy (non-hydrogen) atoms. The molecule has 0 fully saturated rings. The lowest BCUT2D eigenvalue weighted by molar-refractivity contribution is -0.137. The Bertz CT molecular complexity index is 1030. The van der Waals surface area contributed by atoms with E-state index in [9.17, 15) is 22.8 Å². The monoisotopic (exact) mass is 404 g/mol. The maximum atomic E-state index is 13.0. The summed E-state index contributed by atoms with van der Waals surface area (Å²) in [6.45, 7) is 0.823. The minimum Gasteiger partial charge on any atom is -0.325 e. The van der Waals surface area contributed by atoms with E-state index in [1.807, 2.05) is 6.07 Å². The van der Waals surface area contributed by atoms with Crippen molar-refractivity contribution in [3.63, 3.8) is 0 Å². The van der Waals surface area contributed by atoms with E-state index < -0.39 is 23.6 Å². The number of halogens is 3. The third-order valence-corrected chi connectivity index (χ3v) is 3.70. The van der Waals surface area contributed by atoms with Crippen molar-refractivity contribution in [2.45, 2.75) is 19.6 Å². The van der Waals surface area contributed by atoms with Crippen LogP contribution in [0, 0.1) is 0 Å². The first-order chi connectivity index (χ1) is 13.7. The standard InChI is InChI=1S/C18H15F3N6O2/c1-11(28)22-14-8-7-13(18(19,20)21)9-15(14)23-16(29)10-27-25-17(24-26-27)12-5-3-2-4-6-12/h2-9H,10H2,1H3,(H,22,28)(H,23,29). The molecule has 3 aromatic rings. The predicted molar refractivity (Wildman–Crippen MR) is 97.6 cm³/mol. The zero-order valence-corrected chi connectivity index (χ0v) is 15.1. The highest BCUT2D eigenvalue weighted by Crippen LogP contribution is 2.34. The maximum Gasteiger partial charge on any atom is 0.416 e. The van der Waals surface area contributed by atoms with Gasteiger partial charge in [-0.2, -0.15) is 18.0 Å². The van der Waals surface area contributed by atoms with Crippen molar-refractivity contribution in [3.05, 3.63) is 54.1 Å². The molecule has 150 valence electrons. The smallest absolute Gasteiger partial charge is 0.325 e. The number of aromatic nitrogens is 4. The molecule has 2 aromatic carbocycles. The summed E-state index contributed by atoms with van der Waals surface area (Å²) >= 11 is 0. The molecule has 8 nitrogen and oxygen atoms in total. The Morgan fingerprint density at radius 1 is 1.03 bits per heavy atom. The molecule has 0 atom stereocenters. The normalized spacial score (nSPS) is 11.2. The van der Waals surface area contributed by atoms with Crippen molar-refractivity contribution in [1.82, 2.24) is 20.2 Å². The van der Waals surface area contributed by atoms with Crippen LogP contribution in [-0.2, 0) is 22.3 Å². The molecule has 2 amide bonds. The van der Waals surface area contributed by atoms with Gasteiger partial charge >= 0.3 is 6.18 Å². The van der Waals surface area contributed by atoms with Gasteiger partial charge in [-0.3, -0.25) is 9.59 Å². The zero-order chi connectivity index (χ0) is 21.0. The number of benzene rings is 2. The van der Waals surface area contributed by atoms with Crippen LogP contribution < -0.4 is 10.6 Å². The van der Waals surface area contributed by atoms with Gasteiger partial charge in [0, 0.05) is 12.5 Å². The summed E-state index contributed by atoms with van der Waals surface area (Å²) in [6.07, 6.45) is -4.60. The van der Waals surface area contributed by atoms with E-state index in [0.29, 0.717) is 11.4 Å². The number of nitrogens with zero attached hydrogens (tertiary/aromatic N) is 4. The number of carbonyl (C=O) groups excluding carboxylic acids is 2. The van der Waals surface area contributed by atoms with Crippen LogP contribution in [0.1, 0.15) is 12.5 Å². The molecular formula is C18H15F3N6O2. The van der Waals surface area contributed by atoms with Gasteiger partial charge in [-0.25, -0.2) is 0 Å². The first-order valence-corrected chi connectivity index (χ1v) is 8.34. The Hall–Kier alpha value is -3.76. The second-order valence-electron chi connectivity index (χ2n) is 6.00. The number of carbonyl (C=O) groups is 2. The van der Waals surface area contributed by atoms with Gasteiger partial charge in [-0.05, 0) is 23.4 Å². The molecule has 1 heterocycles. The van der Waals surface area contributed by atoms with Crippen molar-refractivity contribution in [2.75, 3.05) is 10.6 Å². The van der Waals surface area contributed by atoms with Crippen molar-refractivity contribution < 1.29 is 22.8 Å². The average Bonchev–Trinajstić information content (AvgIpc) is 3.11. The van der Waals surface area contributed by atoms with Crippen LogP contribution in [0.5, 0.6) is 0 Å². The van der Waals surface area contributed by atoms with Crippen LogP contribution >= 0.6 is 0 Å². The summed E-state index contributed by atoms with van der Waals surface area (Å²) in [5, 5.41) is 16.4. The van der Waals surface area contributed by atoms with Crippen LogP contribution in [0.2, 0.25) is 0 Å². The lowest BCUT2D eigenvalue weighted by atomic mass is 10.1. The number of hydrogen-bond donors (Lipinski definition) is 2. The summed E-state index contributed by atoms with van der Waals surface area (Å²) in [5.74, 6) is -0.880. The second kappa shape index (κ2) is 8.09. The average molecular weight is 404 g/mol. The number of nitrogens with one attached hydrogen (secondary N) is 2. The third-order valence-electron chi connectivity index (χ3n) is 3.70. The molecule has 3 rings (SSSR count). The molecule has 0 bridgehead atoms. The molecule has 1 aromatic heterocycles. The molecule has 0 aliphatic heterocycles. The topological polar surface area (TPSA) is 102 Å². The van der Waals surface area contributed by atoms with Gasteiger partial charge in [0.2, 0.25) is 17.6 Å². The molecule has 0 spiro atoms. The highest BCUT2D eigenvalue weighted by molar-refractivity contribution is 5.98. The Labute approximate surface area is 162 Å². The summed E-state index contributed by atoms with van der Waals surface area (Å²) < 4.78 is 38.9. The number of alkyl halides is 3. The molecule has 0 radical (unpaired) electrons. The molecule has 0 saturated carbocycles. The van der Waals surface area contributed by atoms with Gasteiger partial charge in [0.05, 0.1) is 16.9 Å².